The molecule has 21 heavy (non-hydrogen) atoms. The van der Waals surface area contributed by atoms with Gasteiger partial charge in [-0.3, -0.25) is 0 Å². The van der Waals surface area contributed by atoms with Crippen molar-refractivity contribution < 1.29 is 9.26 Å². The summed E-state index contributed by atoms with van der Waals surface area (Å²) in [6, 6.07) is 7.94. The number of nitrogens with two attached hydrogens (primary N) is 1. The van der Waals surface area contributed by atoms with E-state index in [0.29, 0.717) is 24.7 Å². The average molecular weight is 289 g/mol. The minimum Gasteiger partial charge on any atom is -0.493 e. The van der Waals surface area contributed by atoms with Crippen molar-refractivity contribution >= 4 is 0 Å². The van der Waals surface area contributed by atoms with Crippen LogP contribution in [0.15, 0.2) is 28.8 Å². The molecule has 1 heterocycles. The highest BCUT2D eigenvalue weighted by atomic mass is 16.5. The Morgan fingerprint density at radius 1 is 1.29 bits per heavy atom. The minimum atomic E-state index is -0.501. The Hall–Kier alpha value is -1.88. The van der Waals surface area contributed by atoms with Crippen molar-refractivity contribution in [3.05, 3.63) is 41.5 Å². The molecule has 5 heteroatoms. The van der Waals surface area contributed by atoms with Crippen LogP contribution in [0.1, 0.15) is 44.0 Å². The lowest BCUT2D eigenvalue weighted by Crippen LogP contribution is -2.36. The van der Waals surface area contributed by atoms with Gasteiger partial charge in [-0.05, 0) is 37.5 Å². The second kappa shape index (κ2) is 6.72. The van der Waals surface area contributed by atoms with Crippen molar-refractivity contribution in [1.82, 2.24) is 10.1 Å². The van der Waals surface area contributed by atoms with Gasteiger partial charge in [-0.2, -0.15) is 4.98 Å². The summed E-state index contributed by atoms with van der Waals surface area (Å²) in [5.41, 5.74) is 6.92. The van der Waals surface area contributed by atoms with Crippen LogP contribution in [-0.2, 0) is 12.0 Å². The van der Waals surface area contributed by atoms with Crippen LogP contribution in [-0.4, -0.2) is 16.7 Å². The second-order valence-electron chi connectivity index (χ2n) is 5.29. The third kappa shape index (κ3) is 3.82. The van der Waals surface area contributed by atoms with Gasteiger partial charge < -0.3 is 15.0 Å². The number of benzene rings is 1. The van der Waals surface area contributed by atoms with Gasteiger partial charge in [0.1, 0.15) is 5.75 Å². The molecule has 2 N–H and O–H groups in total. The number of hydrogen-bond donors (Lipinski definition) is 1. The van der Waals surface area contributed by atoms with Gasteiger partial charge in [-0.15, -0.1) is 0 Å². The van der Waals surface area contributed by atoms with Crippen molar-refractivity contribution in [1.29, 1.82) is 0 Å². The van der Waals surface area contributed by atoms with E-state index in [1.165, 1.54) is 5.56 Å². The quantitative estimate of drug-likeness (QED) is 0.848. The Balaban J connectivity index is 1.91. The first-order valence-electron chi connectivity index (χ1n) is 7.39. The van der Waals surface area contributed by atoms with Gasteiger partial charge in [0.2, 0.25) is 5.89 Å². The van der Waals surface area contributed by atoms with Crippen molar-refractivity contribution in [3.8, 4) is 5.75 Å². The van der Waals surface area contributed by atoms with E-state index in [4.69, 9.17) is 15.0 Å². The number of nitrogens with zero attached hydrogens (tertiary/aromatic N) is 2. The Labute approximate surface area is 125 Å². The van der Waals surface area contributed by atoms with Crippen LogP contribution >= 0.6 is 0 Å². The molecule has 0 radical (unpaired) electrons. The lowest BCUT2D eigenvalue weighted by atomic mass is 9.93. The first-order valence-corrected chi connectivity index (χ1v) is 7.39. The van der Waals surface area contributed by atoms with Gasteiger partial charge in [0.15, 0.2) is 5.82 Å². The van der Waals surface area contributed by atoms with Crippen LogP contribution in [0.25, 0.3) is 0 Å². The predicted molar refractivity (Wildman–Crippen MR) is 81.1 cm³/mol. The second-order valence-corrected chi connectivity index (χ2v) is 5.29. The van der Waals surface area contributed by atoms with Crippen LogP contribution in [0.5, 0.6) is 5.75 Å². The molecule has 1 aromatic heterocycles. The van der Waals surface area contributed by atoms with E-state index in [1.54, 1.807) is 0 Å². The lowest BCUT2D eigenvalue weighted by Gasteiger charge is -2.21. The molecular weight excluding hydrogens is 266 g/mol. The zero-order chi connectivity index (χ0) is 15.3. The fraction of sp³-hybridized carbons (Fsp3) is 0.500. The van der Waals surface area contributed by atoms with Crippen LogP contribution < -0.4 is 10.5 Å². The molecule has 2 rings (SSSR count). The van der Waals surface area contributed by atoms with E-state index in [0.717, 1.165) is 18.6 Å². The molecule has 0 aliphatic rings. The topological polar surface area (TPSA) is 74.2 Å². The van der Waals surface area contributed by atoms with E-state index >= 15 is 0 Å². The molecule has 0 bridgehead atoms. The van der Waals surface area contributed by atoms with Crippen LogP contribution in [0.2, 0.25) is 0 Å². The predicted octanol–water partition coefficient (Wildman–Crippen LogP) is 2.97. The molecule has 1 aromatic carbocycles. The maximum absolute atomic E-state index is 6.25. The number of aryl methyl sites for hydroxylation is 1. The maximum Gasteiger partial charge on any atom is 0.230 e. The van der Waals surface area contributed by atoms with E-state index in [-0.39, 0.29) is 0 Å². The van der Waals surface area contributed by atoms with E-state index < -0.39 is 5.54 Å². The summed E-state index contributed by atoms with van der Waals surface area (Å²) in [7, 11) is 0. The third-order valence-electron chi connectivity index (χ3n) is 3.75. The number of rotatable bonds is 7. The smallest absolute Gasteiger partial charge is 0.230 e. The molecule has 0 unspecified atom stereocenters. The lowest BCUT2D eigenvalue weighted by molar-refractivity contribution is 0.288. The summed E-state index contributed by atoms with van der Waals surface area (Å²) in [4.78, 5) is 4.39. The molecule has 2 aromatic rings. The monoisotopic (exact) mass is 289 g/mol. The number of ether oxygens (including phenoxy) is 1. The van der Waals surface area contributed by atoms with Crippen molar-refractivity contribution in [3.63, 3.8) is 0 Å². The number of hydrogen-bond acceptors (Lipinski definition) is 5. The molecular formula is C16H23N3O2. The molecule has 0 spiro atoms. The zero-order valence-corrected chi connectivity index (χ0v) is 12.9. The summed E-state index contributed by atoms with van der Waals surface area (Å²) in [5.74, 6) is 2.00. The third-order valence-corrected chi connectivity index (χ3v) is 3.75. The zero-order valence-electron chi connectivity index (χ0n) is 12.9. The molecule has 0 aliphatic heterocycles. The van der Waals surface area contributed by atoms with E-state index in [9.17, 15) is 0 Å². The molecule has 0 fully saturated rings. The number of aromatic nitrogens is 2. The highest BCUT2D eigenvalue weighted by Gasteiger charge is 2.28. The first kappa shape index (κ1) is 15.5. The summed E-state index contributed by atoms with van der Waals surface area (Å²) in [5, 5.41) is 4.00. The Morgan fingerprint density at radius 3 is 2.71 bits per heavy atom. The SMILES string of the molecule is CCC(N)(CC)c1noc(CCOc2cccc(C)c2)n1. The summed E-state index contributed by atoms with van der Waals surface area (Å²) in [6.07, 6.45) is 2.13. The Morgan fingerprint density at radius 2 is 2.05 bits per heavy atom. The van der Waals surface area contributed by atoms with Gasteiger partial charge in [0.05, 0.1) is 18.6 Å². The molecule has 0 amide bonds. The largest absolute Gasteiger partial charge is 0.493 e. The van der Waals surface area contributed by atoms with Crippen LogP contribution in [0, 0.1) is 6.92 Å². The molecule has 0 saturated carbocycles. The Bertz CT molecular complexity index is 576. The molecule has 5 nitrogen and oxygen atoms in total. The maximum atomic E-state index is 6.25. The van der Waals surface area contributed by atoms with Gasteiger partial charge in [0, 0.05) is 0 Å². The van der Waals surface area contributed by atoms with Gasteiger partial charge >= 0.3 is 0 Å². The normalized spacial score (nSPS) is 11.6. The summed E-state index contributed by atoms with van der Waals surface area (Å²) >= 11 is 0. The highest BCUT2D eigenvalue weighted by molar-refractivity contribution is 5.27. The molecule has 0 atom stereocenters. The molecule has 114 valence electrons. The summed E-state index contributed by atoms with van der Waals surface area (Å²) < 4.78 is 10.9. The van der Waals surface area contributed by atoms with Crippen LogP contribution in [0.3, 0.4) is 0 Å². The standard InChI is InChI=1S/C16H23N3O2/c1-4-16(17,5-2)15-18-14(21-19-15)9-10-20-13-8-6-7-12(3)11-13/h6-8,11H,4-5,9-10,17H2,1-3H3. The van der Waals surface area contributed by atoms with Gasteiger partial charge in [0.25, 0.3) is 0 Å². The minimum absolute atomic E-state index is 0.501. The Kier molecular flexibility index (Phi) is 4.96. The fourth-order valence-corrected chi connectivity index (χ4v) is 2.09. The summed E-state index contributed by atoms with van der Waals surface area (Å²) in [6.45, 7) is 6.59. The van der Waals surface area contributed by atoms with Crippen molar-refractivity contribution in [2.45, 2.75) is 45.6 Å². The molecule has 0 aliphatic carbocycles. The van der Waals surface area contributed by atoms with Crippen molar-refractivity contribution in [2.24, 2.45) is 5.73 Å². The van der Waals surface area contributed by atoms with Crippen molar-refractivity contribution in [2.75, 3.05) is 6.61 Å². The van der Waals surface area contributed by atoms with E-state index in [1.807, 2.05) is 45.0 Å². The van der Waals surface area contributed by atoms with Crippen LogP contribution in [0.4, 0.5) is 0 Å². The van der Waals surface area contributed by atoms with Gasteiger partial charge in [-0.1, -0.05) is 31.1 Å². The highest BCUT2D eigenvalue weighted by Crippen LogP contribution is 2.22. The molecule has 0 saturated heterocycles. The first-order chi connectivity index (χ1) is 10.1. The van der Waals surface area contributed by atoms with Gasteiger partial charge in [-0.25, -0.2) is 0 Å². The fourth-order valence-electron chi connectivity index (χ4n) is 2.09. The average Bonchev–Trinajstić information content (AvgIpc) is 2.96. The van der Waals surface area contributed by atoms with E-state index in [2.05, 4.69) is 10.1 Å².